The SMILES string of the molecule is CC(C)(O/N=C(\C(=O)NC1C(=O)N(S(=O)(=O)O)C1Cn1ccnn1)c1csc(N)n1)C(=O)O. The van der Waals surface area contributed by atoms with Crippen LogP contribution in [0.3, 0.4) is 0 Å². The third kappa shape index (κ3) is 5.07. The van der Waals surface area contributed by atoms with E-state index in [1.165, 1.54) is 36.3 Å². The Hall–Kier alpha value is -3.64. The number of oxime groups is 1. The number of anilines is 1. The van der Waals surface area contributed by atoms with Crippen LogP contribution >= 0.6 is 11.3 Å². The number of β-lactam (4-membered cyclic amide) rings is 1. The van der Waals surface area contributed by atoms with Crippen molar-refractivity contribution in [3.8, 4) is 0 Å². The minimum Gasteiger partial charge on any atom is -0.478 e. The third-order valence-electron chi connectivity index (χ3n) is 4.41. The van der Waals surface area contributed by atoms with Crippen molar-refractivity contribution < 1.29 is 37.3 Å². The summed E-state index contributed by atoms with van der Waals surface area (Å²) in [5, 5.41) is 23.7. The molecule has 1 aliphatic heterocycles. The number of carbonyl (C=O) groups is 3. The number of aromatic nitrogens is 4. The summed E-state index contributed by atoms with van der Waals surface area (Å²) >= 11 is 0.964. The number of carboxylic acid groups (broad SMARTS) is 1. The Morgan fingerprint density at radius 3 is 2.64 bits per heavy atom. The molecule has 1 fully saturated rings. The van der Waals surface area contributed by atoms with Gasteiger partial charge in [-0.15, -0.1) is 16.4 Å². The Bertz CT molecular complexity index is 1210. The van der Waals surface area contributed by atoms with E-state index in [2.05, 4.69) is 25.8 Å². The first-order valence-electron chi connectivity index (χ1n) is 8.98. The van der Waals surface area contributed by atoms with Gasteiger partial charge in [0.05, 0.1) is 18.8 Å². The number of nitrogen functional groups attached to an aromatic ring is 1. The van der Waals surface area contributed by atoms with Gasteiger partial charge in [0.2, 0.25) is 5.60 Å². The summed E-state index contributed by atoms with van der Waals surface area (Å²) in [5.74, 6) is -3.51. The molecule has 5 N–H and O–H groups in total. The molecule has 0 aliphatic carbocycles. The summed E-state index contributed by atoms with van der Waals surface area (Å²) in [5.41, 5.74) is 3.21. The number of carboxylic acids is 1. The molecule has 0 saturated carbocycles. The van der Waals surface area contributed by atoms with Gasteiger partial charge in [-0.05, 0) is 13.8 Å². The number of nitrogens with one attached hydrogen (secondary N) is 1. The summed E-state index contributed by atoms with van der Waals surface area (Å²) in [6, 6.07) is -2.64. The fourth-order valence-electron chi connectivity index (χ4n) is 2.67. The molecule has 1 aliphatic rings. The van der Waals surface area contributed by atoms with Gasteiger partial charge in [0.25, 0.3) is 11.8 Å². The predicted molar refractivity (Wildman–Crippen MR) is 110 cm³/mol. The van der Waals surface area contributed by atoms with E-state index in [1.54, 1.807) is 0 Å². The second kappa shape index (κ2) is 8.71. The van der Waals surface area contributed by atoms with Crippen LogP contribution in [0.15, 0.2) is 22.9 Å². The van der Waals surface area contributed by atoms with E-state index in [0.29, 0.717) is 0 Å². The Morgan fingerprint density at radius 2 is 2.12 bits per heavy atom. The number of carbonyl (C=O) groups excluding carboxylic acids is 2. The molecule has 3 rings (SSSR count). The van der Waals surface area contributed by atoms with Crippen molar-refractivity contribution in [3.05, 3.63) is 23.5 Å². The number of thiazole rings is 1. The van der Waals surface area contributed by atoms with E-state index in [0.717, 1.165) is 11.3 Å². The maximum absolute atomic E-state index is 12.9. The number of hydrogen-bond donors (Lipinski definition) is 4. The molecule has 16 nitrogen and oxygen atoms in total. The summed E-state index contributed by atoms with van der Waals surface area (Å²) < 4.78 is 34.0. The van der Waals surface area contributed by atoms with Gasteiger partial charge in [-0.3, -0.25) is 18.8 Å². The van der Waals surface area contributed by atoms with Crippen molar-refractivity contribution in [1.29, 1.82) is 0 Å². The lowest BCUT2D eigenvalue weighted by atomic mass is 9.98. The molecule has 1 saturated heterocycles. The van der Waals surface area contributed by atoms with E-state index in [9.17, 15) is 32.5 Å². The van der Waals surface area contributed by atoms with Gasteiger partial charge >= 0.3 is 16.3 Å². The monoisotopic (exact) mass is 502 g/mol. The van der Waals surface area contributed by atoms with E-state index < -0.39 is 51.5 Å². The number of nitrogens with two attached hydrogens (primary N) is 1. The molecule has 0 bridgehead atoms. The number of amides is 2. The first-order valence-corrected chi connectivity index (χ1v) is 11.3. The molecule has 0 spiro atoms. The average Bonchev–Trinajstić information content (AvgIpc) is 3.36. The fourth-order valence-corrected chi connectivity index (χ4v) is 4.09. The van der Waals surface area contributed by atoms with Gasteiger partial charge in [0.15, 0.2) is 10.8 Å². The van der Waals surface area contributed by atoms with Crippen molar-refractivity contribution in [2.75, 3.05) is 5.73 Å². The second-order valence-electron chi connectivity index (χ2n) is 7.17. The maximum atomic E-state index is 12.9. The van der Waals surface area contributed by atoms with Crippen LogP contribution in [0, 0.1) is 0 Å². The summed E-state index contributed by atoms with van der Waals surface area (Å²) in [6.45, 7) is 2.16. The quantitative estimate of drug-likeness (QED) is 0.127. The molecular weight excluding hydrogens is 484 g/mol. The van der Waals surface area contributed by atoms with Gasteiger partial charge < -0.3 is 21.0 Å². The largest absolute Gasteiger partial charge is 0.478 e. The number of rotatable bonds is 9. The van der Waals surface area contributed by atoms with Crippen LogP contribution in [0.4, 0.5) is 5.13 Å². The summed E-state index contributed by atoms with van der Waals surface area (Å²) in [4.78, 5) is 45.5. The smallest absolute Gasteiger partial charge is 0.362 e. The van der Waals surface area contributed by atoms with Crippen molar-refractivity contribution >= 4 is 50.3 Å². The molecule has 2 atom stereocenters. The van der Waals surface area contributed by atoms with E-state index in [4.69, 9.17) is 10.6 Å². The van der Waals surface area contributed by atoms with Crippen LogP contribution in [0.1, 0.15) is 19.5 Å². The predicted octanol–water partition coefficient (Wildman–Crippen LogP) is -1.90. The normalized spacial score (nSPS) is 19.2. The van der Waals surface area contributed by atoms with E-state index in [1.807, 2.05) is 0 Å². The van der Waals surface area contributed by atoms with Gasteiger partial charge in [-0.25, -0.2) is 14.1 Å². The standard InChI is InChI=1S/C15H18N8O8S2/c1-15(2,13(26)27)31-20-9(7-6-32-14(16)18-7)11(24)19-10-8(5-22-4-3-17-21-22)23(12(10)25)33(28,29)30/h3-4,6,8,10H,5H2,1-2H3,(H2,16,18)(H,19,24)(H,26,27)(H,28,29,30)/b20-9-. The highest BCUT2D eigenvalue weighted by atomic mass is 32.2. The van der Waals surface area contributed by atoms with Gasteiger partial charge in [-0.1, -0.05) is 10.4 Å². The highest BCUT2D eigenvalue weighted by Crippen LogP contribution is 2.25. The zero-order valence-corrected chi connectivity index (χ0v) is 18.6. The van der Waals surface area contributed by atoms with Gasteiger partial charge in [0, 0.05) is 11.6 Å². The number of nitrogens with zero attached hydrogens (tertiary/aromatic N) is 6. The van der Waals surface area contributed by atoms with Gasteiger partial charge in [-0.2, -0.15) is 8.42 Å². The highest BCUT2D eigenvalue weighted by molar-refractivity contribution is 7.84. The minimum atomic E-state index is -4.92. The summed E-state index contributed by atoms with van der Waals surface area (Å²) in [7, 11) is -4.92. The van der Waals surface area contributed by atoms with E-state index in [-0.39, 0.29) is 21.7 Å². The molecular formula is C15H18N8O8S2. The molecule has 0 aromatic carbocycles. The lowest BCUT2D eigenvalue weighted by Crippen LogP contribution is -2.73. The Balaban J connectivity index is 1.88. The average molecular weight is 502 g/mol. The molecule has 2 aromatic rings. The maximum Gasteiger partial charge on any atom is 0.362 e. The van der Waals surface area contributed by atoms with Crippen LogP contribution in [0.25, 0.3) is 0 Å². The molecule has 0 radical (unpaired) electrons. The van der Waals surface area contributed by atoms with Crippen molar-refractivity contribution in [2.45, 2.75) is 38.1 Å². The zero-order valence-electron chi connectivity index (χ0n) is 17.0. The Labute approximate surface area is 189 Å². The molecule has 2 unspecified atom stereocenters. The highest BCUT2D eigenvalue weighted by Gasteiger charge is 2.54. The molecule has 3 heterocycles. The first-order chi connectivity index (χ1) is 15.3. The van der Waals surface area contributed by atoms with Crippen molar-refractivity contribution in [3.63, 3.8) is 0 Å². The number of hydrogen-bond acceptors (Lipinski definition) is 12. The summed E-state index contributed by atoms with van der Waals surface area (Å²) in [6.07, 6.45) is 2.70. The van der Waals surface area contributed by atoms with Crippen LogP contribution < -0.4 is 11.1 Å². The molecule has 178 valence electrons. The first kappa shape index (κ1) is 24.0. The van der Waals surface area contributed by atoms with Gasteiger partial charge in [0.1, 0.15) is 11.7 Å². The Kier molecular flexibility index (Phi) is 6.34. The van der Waals surface area contributed by atoms with Crippen molar-refractivity contribution in [1.82, 2.24) is 29.6 Å². The second-order valence-corrected chi connectivity index (χ2v) is 9.35. The molecule has 2 aromatic heterocycles. The van der Waals surface area contributed by atoms with Crippen LogP contribution in [0.2, 0.25) is 0 Å². The molecule has 33 heavy (non-hydrogen) atoms. The lowest BCUT2D eigenvalue weighted by Gasteiger charge is -2.43. The number of aliphatic carboxylic acids is 1. The van der Waals surface area contributed by atoms with Crippen LogP contribution in [0.5, 0.6) is 0 Å². The topological polar surface area (TPSA) is 232 Å². The van der Waals surface area contributed by atoms with Crippen molar-refractivity contribution in [2.24, 2.45) is 5.16 Å². The Morgan fingerprint density at radius 1 is 1.42 bits per heavy atom. The minimum absolute atomic E-state index is 0.0672. The van der Waals surface area contributed by atoms with E-state index >= 15 is 0 Å². The zero-order chi connectivity index (χ0) is 24.6. The van der Waals surface area contributed by atoms with Crippen LogP contribution in [-0.4, -0.2) is 83.5 Å². The lowest BCUT2D eigenvalue weighted by molar-refractivity contribution is -0.161. The third-order valence-corrected chi connectivity index (χ3v) is 6.03. The molecule has 18 heteroatoms. The fraction of sp³-hybridized carbons (Fsp3) is 0.400. The molecule has 2 amide bonds. The van der Waals surface area contributed by atoms with Crippen LogP contribution in [-0.2, 0) is 36.1 Å².